The van der Waals surface area contributed by atoms with Gasteiger partial charge in [0.05, 0.1) is 11.1 Å². The van der Waals surface area contributed by atoms with Crippen molar-refractivity contribution < 1.29 is 19.8 Å². The van der Waals surface area contributed by atoms with Crippen molar-refractivity contribution in [3.8, 4) is 0 Å². The van der Waals surface area contributed by atoms with Gasteiger partial charge in [-0.15, -0.1) is 0 Å². The highest BCUT2D eigenvalue weighted by Crippen LogP contribution is 2.18. The maximum Gasteiger partial charge on any atom is 0.336 e. The van der Waals surface area contributed by atoms with E-state index >= 15 is 0 Å². The molecule has 110 valence electrons. The highest BCUT2D eigenvalue weighted by atomic mass is 16.4. The molecule has 0 atom stereocenters. The Morgan fingerprint density at radius 3 is 1.65 bits per heavy atom. The van der Waals surface area contributed by atoms with Crippen molar-refractivity contribution in [3.63, 3.8) is 0 Å². The Morgan fingerprint density at radius 2 is 1.30 bits per heavy atom. The molecule has 0 unspecified atom stereocenters. The molecule has 1 aromatic carbocycles. The van der Waals surface area contributed by atoms with Crippen molar-refractivity contribution in [3.05, 3.63) is 34.4 Å². The second kappa shape index (κ2) is 7.68. The van der Waals surface area contributed by atoms with Crippen molar-refractivity contribution in [1.29, 1.82) is 0 Å². The van der Waals surface area contributed by atoms with E-state index in [1.54, 1.807) is 19.9 Å². The Hall–Kier alpha value is -1.84. The lowest BCUT2D eigenvalue weighted by Crippen LogP contribution is -2.10. The van der Waals surface area contributed by atoms with Crippen molar-refractivity contribution in [2.45, 2.75) is 52.4 Å². The van der Waals surface area contributed by atoms with Gasteiger partial charge in [0.15, 0.2) is 0 Å². The summed E-state index contributed by atoms with van der Waals surface area (Å²) in [6.07, 6.45) is 9.00. The van der Waals surface area contributed by atoms with E-state index in [9.17, 15) is 9.59 Å². The second-order valence-electron chi connectivity index (χ2n) is 5.16. The second-order valence-corrected chi connectivity index (χ2v) is 5.16. The van der Waals surface area contributed by atoms with Crippen LogP contribution in [0.4, 0.5) is 0 Å². The molecule has 2 N–H and O–H groups in total. The van der Waals surface area contributed by atoms with E-state index in [0.717, 1.165) is 5.56 Å². The maximum absolute atomic E-state index is 10.8. The zero-order chi connectivity index (χ0) is 15.1. The van der Waals surface area contributed by atoms with Crippen molar-refractivity contribution >= 4 is 11.9 Å². The van der Waals surface area contributed by atoms with Gasteiger partial charge in [0.25, 0.3) is 0 Å². The Bertz CT molecular complexity index is 476. The average molecular weight is 278 g/mol. The summed E-state index contributed by atoms with van der Waals surface area (Å²) in [5, 5.41) is 17.6. The largest absolute Gasteiger partial charge is 0.478 e. The molecule has 0 aliphatic heterocycles. The van der Waals surface area contributed by atoms with E-state index < -0.39 is 11.9 Å². The van der Waals surface area contributed by atoms with Crippen molar-refractivity contribution in [2.24, 2.45) is 0 Å². The van der Waals surface area contributed by atoms with Crippen molar-refractivity contribution in [2.75, 3.05) is 0 Å². The Morgan fingerprint density at radius 1 is 0.850 bits per heavy atom. The van der Waals surface area contributed by atoms with Gasteiger partial charge in [-0.1, -0.05) is 44.6 Å². The fraction of sp³-hybridized carbons (Fsp3) is 0.500. The third kappa shape index (κ3) is 4.37. The molecule has 0 heterocycles. The van der Waals surface area contributed by atoms with Gasteiger partial charge in [0, 0.05) is 0 Å². The van der Waals surface area contributed by atoms with E-state index in [1.807, 2.05) is 0 Å². The minimum atomic E-state index is -1.22. The van der Waals surface area contributed by atoms with E-state index in [-0.39, 0.29) is 11.1 Å². The molecule has 0 spiro atoms. The highest BCUT2D eigenvalue weighted by Gasteiger charge is 2.18. The number of benzene rings is 1. The Labute approximate surface area is 119 Å². The number of rotatable bonds is 2. The minimum absolute atomic E-state index is 0.127. The lowest BCUT2D eigenvalue weighted by Gasteiger charge is -2.07. The van der Waals surface area contributed by atoms with E-state index in [4.69, 9.17) is 10.2 Å². The topological polar surface area (TPSA) is 74.6 Å². The lowest BCUT2D eigenvalue weighted by atomic mass is 9.98. The molecule has 4 nitrogen and oxygen atoms in total. The summed E-state index contributed by atoms with van der Waals surface area (Å²) in [6.45, 7) is 3.35. The minimum Gasteiger partial charge on any atom is -0.478 e. The van der Waals surface area contributed by atoms with Crippen LogP contribution in [-0.2, 0) is 0 Å². The predicted octanol–water partition coefficient (Wildman–Crippen LogP) is 4.04. The maximum atomic E-state index is 10.8. The summed E-state index contributed by atoms with van der Waals surface area (Å²) in [6, 6.07) is 2.92. The molecule has 0 radical (unpaired) electrons. The standard InChI is InChI=1S/C10H10O4.C6H12/c1-5-3-4-7(9(11)12)8(6(5)2)10(13)14;1-2-4-6-5-3-1/h3-4H,1-2H3,(H,11,12)(H,13,14);1-6H2. The van der Waals surface area contributed by atoms with Gasteiger partial charge in [-0.05, 0) is 31.0 Å². The summed E-state index contributed by atoms with van der Waals surface area (Å²) in [7, 11) is 0. The Kier molecular flexibility index (Phi) is 6.22. The van der Waals surface area contributed by atoms with Crippen LogP contribution in [0.15, 0.2) is 12.1 Å². The van der Waals surface area contributed by atoms with Crippen molar-refractivity contribution in [1.82, 2.24) is 0 Å². The highest BCUT2D eigenvalue weighted by molar-refractivity contribution is 6.02. The first-order chi connectivity index (χ1) is 9.45. The molecule has 1 aliphatic rings. The number of hydrogen-bond acceptors (Lipinski definition) is 2. The molecule has 0 saturated heterocycles. The van der Waals surface area contributed by atoms with E-state index in [1.165, 1.54) is 44.6 Å². The number of hydrogen-bond donors (Lipinski definition) is 2. The van der Waals surface area contributed by atoms with Gasteiger partial charge in [-0.25, -0.2) is 9.59 Å². The first-order valence-electron chi connectivity index (χ1n) is 7.02. The quantitative estimate of drug-likeness (QED) is 0.856. The predicted molar refractivity (Wildman–Crippen MR) is 77.5 cm³/mol. The fourth-order valence-electron chi connectivity index (χ4n) is 2.33. The first kappa shape index (κ1) is 16.2. The summed E-state index contributed by atoms with van der Waals surface area (Å²) < 4.78 is 0. The third-order valence-electron chi connectivity index (χ3n) is 3.68. The fourth-order valence-corrected chi connectivity index (χ4v) is 2.33. The van der Waals surface area contributed by atoms with Crippen LogP contribution in [0.2, 0.25) is 0 Å². The molecule has 1 fully saturated rings. The Balaban J connectivity index is 0.000000276. The van der Waals surface area contributed by atoms with Crippen LogP contribution in [0, 0.1) is 13.8 Å². The molecular weight excluding hydrogens is 256 g/mol. The molecule has 2 rings (SSSR count). The van der Waals surface area contributed by atoms with Crippen LogP contribution in [0.25, 0.3) is 0 Å². The van der Waals surface area contributed by atoms with Gasteiger partial charge in [0.1, 0.15) is 0 Å². The third-order valence-corrected chi connectivity index (χ3v) is 3.68. The van der Waals surface area contributed by atoms with Gasteiger partial charge in [0.2, 0.25) is 0 Å². The van der Waals surface area contributed by atoms with Gasteiger partial charge >= 0.3 is 11.9 Å². The van der Waals surface area contributed by atoms with Gasteiger partial charge < -0.3 is 10.2 Å². The molecule has 0 amide bonds. The molecule has 1 saturated carbocycles. The van der Waals surface area contributed by atoms with Crippen LogP contribution in [-0.4, -0.2) is 22.2 Å². The lowest BCUT2D eigenvalue weighted by molar-refractivity contribution is 0.0650. The summed E-state index contributed by atoms with van der Waals surface area (Å²) in [5.41, 5.74) is 0.975. The monoisotopic (exact) mass is 278 g/mol. The van der Waals surface area contributed by atoms with Gasteiger partial charge in [-0.3, -0.25) is 0 Å². The zero-order valence-electron chi connectivity index (χ0n) is 12.1. The van der Waals surface area contributed by atoms with E-state index in [0.29, 0.717) is 5.56 Å². The summed E-state index contributed by atoms with van der Waals surface area (Å²) >= 11 is 0. The SMILES string of the molecule is C1CCCCC1.Cc1ccc(C(=O)O)c(C(=O)O)c1C. The molecule has 20 heavy (non-hydrogen) atoms. The van der Waals surface area contributed by atoms with Crippen LogP contribution < -0.4 is 0 Å². The zero-order valence-corrected chi connectivity index (χ0v) is 12.1. The average Bonchev–Trinajstić information content (AvgIpc) is 2.43. The van der Waals surface area contributed by atoms with E-state index in [2.05, 4.69) is 0 Å². The van der Waals surface area contributed by atoms with Crippen LogP contribution in [0.5, 0.6) is 0 Å². The summed E-state index contributed by atoms with van der Waals surface area (Å²) in [4.78, 5) is 21.6. The molecule has 1 aliphatic carbocycles. The normalized spacial score (nSPS) is 14.1. The number of carbonyl (C=O) groups is 2. The van der Waals surface area contributed by atoms with Crippen LogP contribution >= 0.6 is 0 Å². The van der Waals surface area contributed by atoms with Crippen LogP contribution in [0.3, 0.4) is 0 Å². The van der Waals surface area contributed by atoms with Gasteiger partial charge in [-0.2, -0.15) is 0 Å². The number of carboxylic acid groups (broad SMARTS) is 2. The number of aromatic carboxylic acids is 2. The smallest absolute Gasteiger partial charge is 0.336 e. The molecule has 0 bridgehead atoms. The molecule has 4 heteroatoms. The number of carboxylic acids is 2. The first-order valence-corrected chi connectivity index (χ1v) is 7.02. The summed E-state index contributed by atoms with van der Waals surface area (Å²) in [5.74, 6) is -2.42. The molecule has 1 aromatic rings. The number of aryl methyl sites for hydroxylation is 1. The van der Waals surface area contributed by atoms with Crippen LogP contribution in [0.1, 0.15) is 70.4 Å². The molecule has 0 aromatic heterocycles. The molecular formula is C16H22O4.